The number of ether oxygens (including phenoxy) is 2. The zero-order chi connectivity index (χ0) is 18.1. The Labute approximate surface area is 149 Å². The van der Waals surface area contributed by atoms with Crippen LogP contribution in [0, 0.1) is 0 Å². The minimum Gasteiger partial charge on any atom is -0.490 e. The van der Waals surface area contributed by atoms with Crippen LogP contribution in [0.5, 0.6) is 11.5 Å². The molecule has 1 aliphatic heterocycles. The molecule has 138 valence electrons. The number of aliphatic imine (C=N–C) groups is 1. The largest absolute Gasteiger partial charge is 0.490 e. The van der Waals surface area contributed by atoms with Gasteiger partial charge in [0.25, 0.3) is 0 Å². The first-order valence-electron chi connectivity index (χ1n) is 8.71. The molecule has 0 bridgehead atoms. The maximum absolute atomic E-state index is 11.8. The Bertz CT molecular complexity index is 602. The molecule has 2 N–H and O–H groups in total. The highest BCUT2D eigenvalue weighted by atomic mass is 16.5. The second-order valence-electron chi connectivity index (χ2n) is 6.03. The van der Waals surface area contributed by atoms with Gasteiger partial charge in [0, 0.05) is 32.6 Å². The van der Waals surface area contributed by atoms with Crippen LogP contribution in [0.4, 0.5) is 0 Å². The molecule has 1 heterocycles. The molecule has 2 rings (SSSR count). The van der Waals surface area contributed by atoms with Crippen LogP contribution in [-0.2, 0) is 11.3 Å². The van der Waals surface area contributed by atoms with Crippen LogP contribution in [-0.4, -0.2) is 57.2 Å². The number of carbonyl (C=O) groups is 1. The average molecular weight is 348 g/mol. The van der Waals surface area contributed by atoms with Gasteiger partial charge in [0.2, 0.25) is 5.91 Å². The van der Waals surface area contributed by atoms with Gasteiger partial charge in [-0.05, 0) is 12.5 Å². The molecule has 0 saturated heterocycles. The van der Waals surface area contributed by atoms with Gasteiger partial charge >= 0.3 is 0 Å². The third kappa shape index (κ3) is 5.85. The molecule has 7 heteroatoms. The maximum Gasteiger partial charge on any atom is 0.241 e. The van der Waals surface area contributed by atoms with Crippen LogP contribution in [0.2, 0.25) is 0 Å². The van der Waals surface area contributed by atoms with Crippen molar-refractivity contribution in [2.75, 3.05) is 40.4 Å². The van der Waals surface area contributed by atoms with Crippen LogP contribution in [0.25, 0.3) is 0 Å². The first-order valence-corrected chi connectivity index (χ1v) is 8.71. The molecule has 7 nitrogen and oxygen atoms in total. The van der Waals surface area contributed by atoms with Gasteiger partial charge in [-0.1, -0.05) is 19.1 Å². The summed E-state index contributed by atoms with van der Waals surface area (Å²) < 4.78 is 11.5. The van der Waals surface area contributed by atoms with Gasteiger partial charge in [0.05, 0.1) is 26.3 Å². The van der Waals surface area contributed by atoms with Crippen molar-refractivity contribution in [1.82, 2.24) is 15.5 Å². The van der Waals surface area contributed by atoms with E-state index in [2.05, 4.69) is 22.5 Å². The number of hydrogen-bond donors (Lipinski definition) is 2. The fraction of sp³-hybridized carbons (Fsp3) is 0.556. The second-order valence-corrected chi connectivity index (χ2v) is 6.03. The minimum atomic E-state index is -0.00342. The lowest BCUT2D eigenvalue weighted by Crippen LogP contribution is -2.43. The zero-order valence-corrected chi connectivity index (χ0v) is 15.3. The monoisotopic (exact) mass is 348 g/mol. The van der Waals surface area contributed by atoms with Crippen molar-refractivity contribution in [3.05, 3.63) is 23.8 Å². The number of hydrogen-bond acceptors (Lipinski definition) is 4. The van der Waals surface area contributed by atoms with Crippen molar-refractivity contribution < 1.29 is 14.3 Å². The molecule has 0 aliphatic carbocycles. The number of rotatable bonds is 6. The fourth-order valence-electron chi connectivity index (χ4n) is 2.28. The Morgan fingerprint density at radius 3 is 2.80 bits per heavy atom. The maximum atomic E-state index is 11.8. The summed E-state index contributed by atoms with van der Waals surface area (Å²) in [6, 6.07) is 5.85. The van der Waals surface area contributed by atoms with E-state index in [-0.39, 0.29) is 12.5 Å². The number of nitrogens with zero attached hydrogens (tertiary/aromatic N) is 2. The summed E-state index contributed by atoms with van der Waals surface area (Å²) in [6.45, 7) is 4.82. The molecule has 0 spiro atoms. The molecular weight excluding hydrogens is 320 g/mol. The predicted molar refractivity (Wildman–Crippen MR) is 98.2 cm³/mol. The van der Waals surface area contributed by atoms with Crippen LogP contribution < -0.4 is 20.1 Å². The van der Waals surface area contributed by atoms with Crippen molar-refractivity contribution in [2.24, 2.45) is 4.99 Å². The number of likely N-dealkylation sites (N-methyl/N-ethyl adjacent to an activating group) is 1. The summed E-state index contributed by atoms with van der Waals surface area (Å²) in [5, 5.41) is 6.30. The molecule has 0 atom stereocenters. The van der Waals surface area contributed by atoms with E-state index >= 15 is 0 Å². The summed E-state index contributed by atoms with van der Waals surface area (Å²) in [5.74, 6) is 2.15. The van der Waals surface area contributed by atoms with E-state index < -0.39 is 0 Å². The van der Waals surface area contributed by atoms with Gasteiger partial charge in [-0.3, -0.25) is 4.79 Å². The topological polar surface area (TPSA) is 75.2 Å². The van der Waals surface area contributed by atoms with Crippen LogP contribution in [0.15, 0.2) is 23.2 Å². The Hall–Kier alpha value is -2.44. The first kappa shape index (κ1) is 18.9. The van der Waals surface area contributed by atoms with E-state index in [1.54, 1.807) is 19.0 Å². The van der Waals surface area contributed by atoms with E-state index in [1.165, 1.54) is 0 Å². The van der Waals surface area contributed by atoms with Crippen molar-refractivity contribution >= 4 is 11.9 Å². The number of amides is 1. The summed E-state index contributed by atoms with van der Waals surface area (Å²) in [6.07, 6.45) is 1.84. The molecule has 0 radical (unpaired) electrons. The lowest BCUT2D eigenvalue weighted by atomic mass is 10.2. The predicted octanol–water partition coefficient (Wildman–Crippen LogP) is 1.38. The van der Waals surface area contributed by atoms with Crippen LogP contribution in [0.1, 0.15) is 25.3 Å². The standard InChI is InChI=1S/C18H28N4O3/c1-4-9-19-18(21-13-16(23)22(2)3)20-12-14-7-5-8-15-17(14)25-11-6-10-24-15/h5,7-8H,4,6,9-13H2,1-3H3,(H2,19,20,21). The van der Waals surface area contributed by atoms with Crippen LogP contribution >= 0.6 is 0 Å². The lowest BCUT2D eigenvalue weighted by molar-refractivity contribution is -0.127. The second kappa shape index (κ2) is 9.76. The van der Waals surface area contributed by atoms with Gasteiger partial charge in [-0.15, -0.1) is 0 Å². The van der Waals surface area contributed by atoms with Crippen molar-refractivity contribution in [3.8, 4) is 11.5 Å². The third-order valence-electron chi connectivity index (χ3n) is 3.71. The normalized spacial score (nSPS) is 13.8. The van der Waals surface area contributed by atoms with Gasteiger partial charge in [-0.2, -0.15) is 0 Å². The number of para-hydroxylation sites is 1. The SMILES string of the molecule is CCCNC(=NCc1cccc2c1OCCCO2)NCC(=O)N(C)C. The average Bonchev–Trinajstić information content (AvgIpc) is 2.86. The van der Waals surface area contributed by atoms with E-state index in [0.717, 1.165) is 36.4 Å². The number of fused-ring (bicyclic) bond motifs is 1. The van der Waals surface area contributed by atoms with E-state index in [0.29, 0.717) is 25.7 Å². The highest BCUT2D eigenvalue weighted by Crippen LogP contribution is 2.33. The Morgan fingerprint density at radius 2 is 2.04 bits per heavy atom. The Morgan fingerprint density at radius 1 is 1.24 bits per heavy atom. The quantitative estimate of drug-likeness (QED) is 0.600. The molecular formula is C18H28N4O3. The molecule has 0 unspecified atom stereocenters. The molecule has 0 fully saturated rings. The van der Waals surface area contributed by atoms with Gasteiger partial charge < -0.3 is 25.0 Å². The highest BCUT2D eigenvalue weighted by molar-refractivity contribution is 5.86. The number of nitrogens with one attached hydrogen (secondary N) is 2. The van der Waals surface area contributed by atoms with Gasteiger partial charge in [0.15, 0.2) is 17.5 Å². The number of guanidine groups is 1. The Balaban J connectivity index is 2.07. The molecule has 1 aliphatic rings. The zero-order valence-electron chi connectivity index (χ0n) is 15.3. The Kier molecular flexibility index (Phi) is 7.37. The molecule has 0 aromatic heterocycles. The third-order valence-corrected chi connectivity index (χ3v) is 3.71. The molecule has 25 heavy (non-hydrogen) atoms. The molecule has 0 saturated carbocycles. The summed E-state index contributed by atoms with van der Waals surface area (Å²) in [5.41, 5.74) is 0.968. The van der Waals surface area contributed by atoms with Crippen molar-refractivity contribution in [2.45, 2.75) is 26.3 Å². The molecule has 1 aromatic carbocycles. The summed E-state index contributed by atoms with van der Waals surface area (Å²) in [7, 11) is 3.47. The van der Waals surface area contributed by atoms with E-state index in [9.17, 15) is 4.79 Å². The molecule has 1 amide bonds. The van der Waals surface area contributed by atoms with E-state index in [1.807, 2.05) is 18.2 Å². The minimum absolute atomic E-state index is 0.00342. The van der Waals surface area contributed by atoms with Crippen LogP contribution in [0.3, 0.4) is 0 Å². The molecule has 1 aromatic rings. The van der Waals surface area contributed by atoms with Gasteiger partial charge in [-0.25, -0.2) is 4.99 Å². The smallest absolute Gasteiger partial charge is 0.241 e. The van der Waals surface area contributed by atoms with Crippen molar-refractivity contribution in [3.63, 3.8) is 0 Å². The first-order chi connectivity index (χ1) is 12.1. The summed E-state index contributed by atoms with van der Waals surface area (Å²) in [4.78, 5) is 17.9. The fourth-order valence-corrected chi connectivity index (χ4v) is 2.28. The van der Waals surface area contributed by atoms with Crippen molar-refractivity contribution in [1.29, 1.82) is 0 Å². The van der Waals surface area contributed by atoms with Gasteiger partial charge in [0.1, 0.15) is 0 Å². The highest BCUT2D eigenvalue weighted by Gasteiger charge is 2.14. The number of carbonyl (C=O) groups excluding carboxylic acids is 1. The lowest BCUT2D eigenvalue weighted by Gasteiger charge is -2.15. The number of benzene rings is 1. The van der Waals surface area contributed by atoms with E-state index in [4.69, 9.17) is 9.47 Å². The summed E-state index contributed by atoms with van der Waals surface area (Å²) >= 11 is 0.